The van der Waals surface area contributed by atoms with Crippen molar-refractivity contribution in [3.8, 4) is 16.9 Å². The second-order valence-electron chi connectivity index (χ2n) is 6.26. The Bertz CT molecular complexity index is 996. The number of nitrogens with one attached hydrogen (secondary N) is 1. The van der Waals surface area contributed by atoms with Crippen molar-refractivity contribution in [1.29, 1.82) is 0 Å². The summed E-state index contributed by atoms with van der Waals surface area (Å²) in [6.07, 6.45) is 1.21. The van der Waals surface area contributed by atoms with E-state index in [-0.39, 0.29) is 22.5 Å². The van der Waals surface area contributed by atoms with Gasteiger partial charge in [-0.25, -0.2) is 4.79 Å². The van der Waals surface area contributed by atoms with Gasteiger partial charge >= 0.3 is 5.97 Å². The number of para-hydroxylation sites is 1. The van der Waals surface area contributed by atoms with Gasteiger partial charge in [0.1, 0.15) is 11.4 Å². The van der Waals surface area contributed by atoms with Gasteiger partial charge in [-0.15, -0.1) is 0 Å². The van der Waals surface area contributed by atoms with Gasteiger partial charge in [-0.2, -0.15) is 0 Å². The molecule has 0 atom stereocenters. The van der Waals surface area contributed by atoms with Crippen LogP contribution in [0.4, 0.5) is 11.4 Å². The number of carboxylic acid groups (broad SMARTS) is 1. The molecule has 1 aliphatic rings. The summed E-state index contributed by atoms with van der Waals surface area (Å²) in [7, 11) is 1.51. The van der Waals surface area contributed by atoms with Crippen LogP contribution in [0.2, 0.25) is 0 Å². The summed E-state index contributed by atoms with van der Waals surface area (Å²) < 4.78 is 5.30. The zero-order valence-corrected chi connectivity index (χ0v) is 15.1. The molecular formula is C20H18N2O6. The lowest BCUT2D eigenvalue weighted by Gasteiger charge is -2.11. The fourth-order valence-electron chi connectivity index (χ4n) is 3.27. The van der Waals surface area contributed by atoms with Crippen LogP contribution in [0.5, 0.6) is 5.75 Å². The molecule has 0 unspecified atom stereocenters. The van der Waals surface area contributed by atoms with E-state index in [9.17, 15) is 24.8 Å². The van der Waals surface area contributed by atoms with Crippen LogP contribution in [0.25, 0.3) is 11.1 Å². The minimum Gasteiger partial charge on any atom is -0.496 e. The molecule has 0 spiro atoms. The van der Waals surface area contributed by atoms with E-state index in [2.05, 4.69) is 5.32 Å². The van der Waals surface area contributed by atoms with E-state index in [0.717, 1.165) is 0 Å². The molecule has 0 fully saturated rings. The van der Waals surface area contributed by atoms with Gasteiger partial charge in [0.25, 0.3) is 11.6 Å². The molecule has 3 rings (SSSR count). The summed E-state index contributed by atoms with van der Waals surface area (Å²) in [5.74, 6) is -1.19. The number of amides is 1. The minimum absolute atomic E-state index is 0.0118. The van der Waals surface area contributed by atoms with E-state index in [4.69, 9.17) is 4.74 Å². The van der Waals surface area contributed by atoms with Crippen molar-refractivity contribution in [3.63, 3.8) is 0 Å². The van der Waals surface area contributed by atoms with E-state index >= 15 is 0 Å². The van der Waals surface area contributed by atoms with Gasteiger partial charge in [-0.1, -0.05) is 24.3 Å². The first-order valence-electron chi connectivity index (χ1n) is 8.61. The molecule has 144 valence electrons. The first-order valence-corrected chi connectivity index (χ1v) is 8.61. The molecule has 2 N–H and O–H groups in total. The molecule has 28 heavy (non-hydrogen) atoms. The molecule has 1 aliphatic carbocycles. The molecule has 0 radical (unpaired) electrons. The largest absolute Gasteiger partial charge is 0.496 e. The summed E-state index contributed by atoms with van der Waals surface area (Å²) in [4.78, 5) is 34.7. The van der Waals surface area contributed by atoms with E-state index < -0.39 is 16.8 Å². The molecule has 0 bridgehead atoms. The minimum atomic E-state index is -1.14. The summed E-state index contributed by atoms with van der Waals surface area (Å²) >= 11 is 0. The summed E-state index contributed by atoms with van der Waals surface area (Å²) in [6, 6.07) is 11.5. The molecule has 0 saturated heterocycles. The third kappa shape index (κ3) is 3.71. The third-order valence-corrected chi connectivity index (χ3v) is 4.61. The highest BCUT2D eigenvalue weighted by atomic mass is 16.6. The summed E-state index contributed by atoms with van der Waals surface area (Å²) in [6.45, 7) is 0. The molecule has 8 nitrogen and oxygen atoms in total. The number of hydrogen-bond donors (Lipinski definition) is 2. The zero-order chi connectivity index (χ0) is 20.3. The molecule has 0 aliphatic heterocycles. The number of nitro benzene ring substituents is 1. The Hall–Kier alpha value is -3.68. The number of benzene rings is 2. The molecule has 2 aromatic rings. The van der Waals surface area contributed by atoms with Crippen molar-refractivity contribution >= 4 is 23.3 Å². The monoisotopic (exact) mass is 382 g/mol. The number of nitrogens with zero attached hydrogens (tertiary/aromatic N) is 1. The van der Waals surface area contributed by atoms with Crippen LogP contribution in [0.1, 0.15) is 19.3 Å². The maximum absolute atomic E-state index is 12.5. The third-order valence-electron chi connectivity index (χ3n) is 4.61. The lowest BCUT2D eigenvalue weighted by atomic mass is 10.0. The predicted octanol–water partition coefficient (Wildman–Crippen LogP) is 3.77. The van der Waals surface area contributed by atoms with Crippen molar-refractivity contribution in [1.82, 2.24) is 0 Å². The first kappa shape index (κ1) is 19.1. The van der Waals surface area contributed by atoms with Gasteiger partial charge in [0.2, 0.25) is 0 Å². The Morgan fingerprint density at radius 1 is 1.14 bits per heavy atom. The zero-order valence-electron chi connectivity index (χ0n) is 15.1. The lowest BCUT2D eigenvalue weighted by molar-refractivity contribution is -0.383. The lowest BCUT2D eigenvalue weighted by Crippen LogP contribution is -2.17. The van der Waals surface area contributed by atoms with Crippen LogP contribution < -0.4 is 10.1 Å². The average Bonchev–Trinajstić information content (AvgIpc) is 3.18. The Kier molecular flexibility index (Phi) is 5.39. The number of methoxy groups -OCH3 is 1. The normalized spacial score (nSPS) is 13.3. The molecule has 0 heterocycles. The second-order valence-corrected chi connectivity index (χ2v) is 6.26. The average molecular weight is 382 g/mol. The van der Waals surface area contributed by atoms with Crippen molar-refractivity contribution in [3.05, 3.63) is 63.7 Å². The topological polar surface area (TPSA) is 119 Å². The number of carbonyl (C=O) groups is 2. The van der Waals surface area contributed by atoms with Crippen LogP contribution in [0, 0.1) is 10.1 Å². The van der Waals surface area contributed by atoms with E-state index in [1.54, 1.807) is 30.3 Å². The number of carbonyl (C=O) groups excluding carboxylic acids is 1. The molecule has 2 aromatic carbocycles. The van der Waals surface area contributed by atoms with Crippen molar-refractivity contribution < 1.29 is 24.4 Å². The number of anilines is 1. The van der Waals surface area contributed by atoms with Crippen LogP contribution >= 0.6 is 0 Å². The second kappa shape index (κ2) is 7.91. The summed E-state index contributed by atoms with van der Waals surface area (Å²) in [5, 5.41) is 23.2. The smallest absolute Gasteiger partial charge is 0.332 e. The number of carboxylic acids is 1. The highest BCUT2D eigenvalue weighted by molar-refractivity contribution is 6.10. The number of ether oxygens (including phenoxy) is 1. The SMILES string of the molecule is COc1ccccc1-c1ccc(NC(=O)C2=C(C(=O)O)CCC2)c([N+](=O)[O-])c1. The fraction of sp³-hybridized carbons (Fsp3) is 0.200. The standard InChI is InChI=1S/C20H18N2O6/c1-28-18-8-3-2-5-13(18)12-9-10-16(17(11-12)22(26)27)21-19(23)14-6-4-7-15(14)20(24)25/h2-3,5,8-11H,4,6-7H2,1H3,(H,21,23)(H,24,25). The van der Waals surface area contributed by atoms with Gasteiger partial charge in [0.05, 0.1) is 12.0 Å². The van der Waals surface area contributed by atoms with Crippen LogP contribution in [-0.4, -0.2) is 29.0 Å². The molecule has 0 saturated carbocycles. The maximum atomic E-state index is 12.5. The van der Waals surface area contributed by atoms with Gasteiger partial charge in [-0.3, -0.25) is 14.9 Å². The molecule has 8 heteroatoms. The van der Waals surface area contributed by atoms with Gasteiger partial charge < -0.3 is 15.2 Å². The predicted molar refractivity (Wildman–Crippen MR) is 102 cm³/mol. The van der Waals surface area contributed by atoms with Crippen LogP contribution in [-0.2, 0) is 9.59 Å². The highest BCUT2D eigenvalue weighted by Gasteiger charge is 2.27. The summed E-state index contributed by atoms with van der Waals surface area (Å²) in [5.41, 5.74) is 1.19. The van der Waals surface area contributed by atoms with Crippen molar-refractivity contribution in [2.45, 2.75) is 19.3 Å². The first-order chi connectivity index (χ1) is 13.4. The van der Waals surface area contributed by atoms with Crippen molar-refractivity contribution in [2.75, 3.05) is 12.4 Å². The molecular weight excluding hydrogens is 364 g/mol. The Balaban J connectivity index is 1.97. The maximum Gasteiger partial charge on any atom is 0.332 e. The fourth-order valence-corrected chi connectivity index (χ4v) is 3.27. The Morgan fingerprint density at radius 3 is 2.54 bits per heavy atom. The van der Waals surface area contributed by atoms with Crippen LogP contribution in [0.3, 0.4) is 0 Å². The molecule has 1 amide bonds. The van der Waals surface area contributed by atoms with E-state index in [1.807, 2.05) is 0 Å². The Labute approximate surface area is 160 Å². The number of hydrogen-bond acceptors (Lipinski definition) is 5. The Morgan fingerprint density at radius 2 is 1.86 bits per heavy atom. The number of aliphatic carboxylic acids is 1. The van der Waals surface area contributed by atoms with E-state index in [0.29, 0.717) is 36.1 Å². The van der Waals surface area contributed by atoms with Gasteiger partial charge in [-0.05, 0) is 37.0 Å². The van der Waals surface area contributed by atoms with Gasteiger partial charge in [0.15, 0.2) is 0 Å². The quantitative estimate of drug-likeness (QED) is 0.580. The van der Waals surface area contributed by atoms with Crippen molar-refractivity contribution in [2.24, 2.45) is 0 Å². The van der Waals surface area contributed by atoms with Crippen LogP contribution in [0.15, 0.2) is 53.6 Å². The highest BCUT2D eigenvalue weighted by Crippen LogP contribution is 2.36. The number of rotatable bonds is 6. The van der Waals surface area contributed by atoms with E-state index in [1.165, 1.54) is 19.2 Å². The van der Waals surface area contributed by atoms with Gasteiger partial charge in [0, 0.05) is 22.8 Å². The number of nitro groups is 1. The molecule has 0 aromatic heterocycles.